The van der Waals surface area contributed by atoms with Crippen molar-refractivity contribution in [2.24, 2.45) is 5.73 Å². The predicted octanol–water partition coefficient (Wildman–Crippen LogP) is 3.74. The topological polar surface area (TPSA) is 59.5 Å². The van der Waals surface area contributed by atoms with Gasteiger partial charge in [0.1, 0.15) is 5.58 Å². The highest BCUT2D eigenvalue weighted by Gasteiger charge is 2.29. The van der Waals surface area contributed by atoms with E-state index in [-0.39, 0.29) is 30.4 Å². The second kappa shape index (κ2) is 7.58. The molecule has 24 heavy (non-hydrogen) atoms. The normalized spacial score (nSPS) is 19.2. The number of amides is 1. The first-order valence-corrected chi connectivity index (χ1v) is 8.49. The molecule has 0 bridgehead atoms. The smallest absolute Gasteiger partial charge is 0.227 e. The predicted molar refractivity (Wildman–Crippen MR) is 99.6 cm³/mol. The molecule has 3 rings (SSSR count). The summed E-state index contributed by atoms with van der Waals surface area (Å²) in [7, 11) is 0. The van der Waals surface area contributed by atoms with Gasteiger partial charge in [-0.3, -0.25) is 4.79 Å². The number of nitrogens with two attached hydrogens (primary N) is 1. The summed E-state index contributed by atoms with van der Waals surface area (Å²) in [4.78, 5) is 14.8. The second-order valence-corrected chi connectivity index (χ2v) is 6.88. The molecule has 0 radical (unpaired) electrons. The molecule has 0 saturated carbocycles. The van der Waals surface area contributed by atoms with Crippen LogP contribution in [0.3, 0.4) is 0 Å². The van der Waals surface area contributed by atoms with Crippen molar-refractivity contribution >= 4 is 29.3 Å². The zero-order valence-electron chi connectivity index (χ0n) is 14.7. The highest BCUT2D eigenvalue weighted by atomic mass is 35.5. The van der Waals surface area contributed by atoms with Gasteiger partial charge in [-0.2, -0.15) is 0 Å². The van der Waals surface area contributed by atoms with Gasteiger partial charge in [-0.25, -0.2) is 0 Å². The fourth-order valence-corrected chi connectivity index (χ4v) is 3.55. The minimum absolute atomic E-state index is 0. The highest BCUT2D eigenvalue weighted by Crippen LogP contribution is 2.27. The van der Waals surface area contributed by atoms with Gasteiger partial charge < -0.3 is 15.1 Å². The zero-order valence-corrected chi connectivity index (χ0v) is 15.5. The molecule has 2 aromatic rings. The first kappa shape index (κ1) is 18.8. The Bertz CT molecular complexity index is 723. The maximum atomic E-state index is 12.8. The summed E-state index contributed by atoms with van der Waals surface area (Å²) in [6.07, 6.45) is 5.35. The maximum Gasteiger partial charge on any atom is 0.227 e. The average molecular weight is 351 g/mol. The van der Waals surface area contributed by atoms with Crippen LogP contribution in [0.4, 0.5) is 0 Å². The molecule has 2 unspecified atom stereocenters. The Labute approximate surface area is 149 Å². The standard InChI is InChI=1S/C19H26N2O2.ClH/c1-12-8-16-15(11-23-18(16)9-13(12)2)10-19(22)21-7-5-4-6-17(21)14(3)20;/h8-9,11,14,17H,4-7,10,20H2,1-3H3;1H. The molecule has 1 fully saturated rings. The molecule has 2 N–H and O–H groups in total. The Morgan fingerprint density at radius 1 is 1.33 bits per heavy atom. The number of likely N-dealkylation sites (tertiary alicyclic amines) is 1. The van der Waals surface area contributed by atoms with Crippen molar-refractivity contribution in [3.8, 4) is 0 Å². The fraction of sp³-hybridized carbons (Fsp3) is 0.526. The van der Waals surface area contributed by atoms with E-state index >= 15 is 0 Å². The number of benzene rings is 1. The SMILES string of the molecule is Cc1cc2occ(CC(=O)N3CCCCC3C(C)N)c2cc1C.Cl. The summed E-state index contributed by atoms with van der Waals surface area (Å²) in [5.41, 5.74) is 10.3. The molecule has 1 aliphatic rings. The quantitative estimate of drug-likeness (QED) is 0.917. The number of fused-ring (bicyclic) bond motifs is 1. The van der Waals surface area contributed by atoms with Crippen molar-refractivity contribution in [2.75, 3.05) is 6.54 Å². The Balaban J connectivity index is 0.00000208. The van der Waals surface area contributed by atoms with Crippen LogP contribution in [0.5, 0.6) is 0 Å². The van der Waals surface area contributed by atoms with E-state index in [9.17, 15) is 4.79 Å². The number of piperidine rings is 1. The number of hydrogen-bond acceptors (Lipinski definition) is 3. The lowest BCUT2D eigenvalue weighted by molar-refractivity contribution is -0.134. The van der Waals surface area contributed by atoms with Crippen LogP contribution >= 0.6 is 12.4 Å². The van der Waals surface area contributed by atoms with Gasteiger partial charge in [0.25, 0.3) is 0 Å². The van der Waals surface area contributed by atoms with Crippen LogP contribution < -0.4 is 5.73 Å². The Morgan fingerprint density at radius 3 is 2.75 bits per heavy atom. The lowest BCUT2D eigenvalue weighted by Gasteiger charge is -2.38. The van der Waals surface area contributed by atoms with Crippen molar-refractivity contribution in [1.29, 1.82) is 0 Å². The molecule has 4 nitrogen and oxygen atoms in total. The van der Waals surface area contributed by atoms with Crippen LogP contribution in [0.25, 0.3) is 11.0 Å². The summed E-state index contributed by atoms with van der Waals surface area (Å²) in [6, 6.07) is 4.35. The minimum Gasteiger partial charge on any atom is -0.464 e. The largest absolute Gasteiger partial charge is 0.464 e. The average Bonchev–Trinajstić information content (AvgIpc) is 2.89. The molecule has 1 aromatic carbocycles. The molecule has 2 atom stereocenters. The molecular formula is C19H27ClN2O2. The molecule has 1 saturated heterocycles. The van der Waals surface area contributed by atoms with Crippen molar-refractivity contribution in [3.05, 3.63) is 35.1 Å². The summed E-state index contributed by atoms with van der Waals surface area (Å²) >= 11 is 0. The van der Waals surface area contributed by atoms with Gasteiger partial charge in [0, 0.05) is 29.6 Å². The fourth-order valence-electron chi connectivity index (χ4n) is 3.55. The van der Waals surface area contributed by atoms with Crippen LogP contribution in [0.1, 0.15) is 42.9 Å². The molecule has 132 valence electrons. The number of furan rings is 1. The second-order valence-electron chi connectivity index (χ2n) is 6.88. The molecular weight excluding hydrogens is 324 g/mol. The number of hydrogen-bond donors (Lipinski definition) is 1. The number of rotatable bonds is 3. The number of carbonyl (C=O) groups is 1. The number of nitrogens with zero attached hydrogens (tertiary/aromatic N) is 1. The van der Waals surface area contributed by atoms with Gasteiger partial charge >= 0.3 is 0 Å². The minimum atomic E-state index is 0. The van der Waals surface area contributed by atoms with Crippen LogP contribution in [0.15, 0.2) is 22.8 Å². The molecule has 1 aromatic heterocycles. The van der Waals surface area contributed by atoms with E-state index in [4.69, 9.17) is 10.2 Å². The Morgan fingerprint density at radius 2 is 2.04 bits per heavy atom. The van der Waals surface area contributed by atoms with Crippen molar-refractivity contribution in [3.63, 3.8) is 0 Å². The molecule has 1 aliphatic heterocycles. The number of aryl methyl sites for hydroxylation is 2. The lowest BCUT2D eigenvalue weighted by atomic mass is 9.96. The summed E-state index contributed by atoms with van der Waals surface area (Å²) < 4.78 is 5.65. The van der Waals surface area contributed by atoms with E-state index in [1.165, 1.54) is 11.1 Å². The van der Waals surface area contributed by atoms with E-state index in [0.29, 0.717) is 6.42 Å². The summed E-state index contributed by atoms with van der Waals surface area (Å²) in [5.74, 6) is 0.160. The first-order chi connectivity index (χ1) is 11.0. The molecule has 2 heterocycles. The summed E-state index contributed by atoms with van der Waals surface area (Å²) in [5, 5.41) is 1.05. The van der Waals surface area contributed by atoms with E-state index in [0.717, 1.165) is 42.3 Å². The molecule has 0 spiro atoms. The first-order valence-electron chi connectivity index (χ1n) is 8.49. The molecule has 5 heteroatoms. The van der Waals surface area contributed by atoms with Gasteiger partial charge in [0.2, 0.25) is 5.91 Å². The number of halogens is 1. The zero-order chi connectivity index (χ0) is 16.6. The maximum absolute atomic E-state index is 12.8. The van der Waals surface area contributed by atoms with Gasteiger partial charge in [-0.05, 0) is 63.3 Å². The highest BCUT2D eigenvalue weighted by molar-refractivity contribution is 5.88. The Hall–Kier alpha value is -1.52. The van der Waals surface area contributed by atoms with Gasteiger partial charge in [0.05, 0.1) is 12.7 Å². The Kier molecular flexibility index (Phi) is 5.94. The van der Waals surface area contributed by atoms with Gasteiger partial charge in [-0.1, -0.05) is 0 Å². The lowest BCUT2D eigenvalue weighted by Crippen LogP contribution is -2.52. The van der Waals surface area contributed by atoms with Crippen LogP contribution in [-0.2, 0) is 11.2 Å². The van der Waals surface area contributed by atoms with Crippen LogP contribution in [-0.4, -0.2) is 29.4 Å². The van der Waals surface area contributed by atoms with E-state index in [2.05, 4.69) is 19.9 Å². The van der Waals surface area contributed by atoms with Gasteiger partial charge in [0.15, 0.2) is 0 Å². The molecule has 0 aliphatic carbocycles. The third-order valence-corrected chi connectivity index (χ3v) is 5.09. The van der Waals surface area contributed by atoms with Gasteiger partial charge in [-0.15, -0.1) is 12.4 Å². The number of carbonyl (C=O) groups excluding carboxylic acids is 1. The third-order valence-electron chi connectivity index (χ3n) is 5.09. The van der Waals surface area contributed by atoms with E-state index < -0.39 is 0 Å². The van der Waals surface area contributed by atoms with Crippen molar-refractivity contribution < 1.29 is 9.21 Å². The van der Waals surface area contributed by atoms with E-state index in [1.807, 2.05) is 17.9 Å². The summed E-state index contributed by atoms with van der Waals surface area (Å²) in [6.45, 7) is 6.97. The van der Waals surface area contributed by atoms with Crippen molar-refractivity contribution in [2.45, 2.75) is 58.5 Å². The third kappa shape index (κ3) is 3.60. The van der Waals surface area contributed by atoms with Crippen LogP contribution in [0.2, 0.25) is 0 Å². The van der Waals surface area contributed by atoms with Crippen LogP contribution in [0, 0.1) is 13.8 Å². The molecule has 1 amide bonds. The monoisotopic (exact) mass is 350 g/mol. The van der Waals surface area contributed by atoms with Crippen molar-refractivity contribution in [1.82, 2.24) is 4.90 Å². The van der Waals surface area contributed by atoms with E-state index in [1.54, 1.807) is 6.26 Å².